The van der Waals surface area contributed by atoms with Crippen LogP contribution in [0.4, 0.5) is 11.4 Å². The van der Waals surface area contributed by atoms with Gasteiger partial charge < -0.3 is 25.2 Å². The summed E-state index contributed by atoms with van der Waals surface area (Å²) in [5.74, 6) is -1.28. The Bertz CT molecular complexity index is 844. The van der Waals surface area contributed by atoms with Gasteiger partial charge in [0.2, 0.25) is 0 Å². The van der Waals surface area contributed by atoms with Gasteiger partial charge >= 0.3 is 11.8 Å². The number of rotatable bonds is 6. The quantitative estimate of drug-likeness (QED) is 0.614. The number of quaternary nitrogens is 1. The van der Waals surface area contributed by atoms with Crippen molar-refractivity contribution < 1.29 is 19.2 Å². The van der Waals surface area contributed by atoms with Crippen LogP contribution in [0, 0.1) is 6.92 Å². The van der Waals surface area contributed by atoms with E-state index in [1.807, 2.05) is 33.2 Å². The molecule has 0 radical (unpaired) electrons. The number of anilines is 2. The second-order valence-electron chi connectivity index (χ2n) is 7.84. The number of hydrogen-bond acceptors (Lipinski definition) is 4. The van der Waals surface area contributed by atoms with Crippen molar-refractivity contribution in [2.24, 2.45) is 0 Å². The zero-order valence-corrected chi connectivity index (χ0v) is 17.9. The molecule has 1 aliphatic heterocycles. The van der Waals surface area contributed by atoms with E-state index in [2.05, 4.69) is 39.8 Å². The molecule has 0 spiro atoms. The summed E-state index contributed by atoms with van der Waals surface area (Å²) in [6.45, 7) is 5.48. The lowest BCUT2D eigenvalue weighted by molar-refractivity contribution is -0.937. The van der Waals surface area contributed by atoms with E-state index in [9.17, 15) is 9.59 Å². The number of carbonyl (C=O) groups is 2. The Hall–Kier alpha value is -2.90. The Morgan fingerprint density at radius 3 is 2.23 bits per heavy atom. The molecule has 1 fully saturated rings. The van der Waals surface area contributed by atoms with Crippen molar-refractivity contribution in [2.75, 3.05) is 57.2 Å². The Morgan fingerprint density at radius 2 is 1.63 bits per heavy atom. The summed E-state index contributed by atoms with van der Waals surface area (Å²) in [6.07, 6.45) is 0. The predicted octanol–water partition coefficient (Wildman–Crippen LogP) is 0.772. The highest BCUT2D eigenvalue weighted by Crippen LogP contribution is 2.16. The van der Waals surface area contributed by atoms with Crippen LogP contribution in [0.1, 0.15) is 17.2 Å². The lowest BCUT2D eigenvalue weighted by Crippen LogP contribution is -3.15. The van der Waals surface area contributed by atoms with Gasteiger partial charge in [0, 0.05) is 31.0 Å². The lowest BCUT2D eigenvalue weighted by Gasteiger charge is -2.32. The molecule has 1 heterocycles. The van der Waals surface area contributed by atoms with Crippen LogP contribution in [0.5, 0.6) is 0 Å². The number of aryl methyl sites for hydroxylation is 1. The fraction of sp³-hybridized carbons (Fsp3) is 0.391. The van der Waals surface area contributed by atoms with Gasteiger partial charge in [0.15, 0.2) is 0 Å². The van der Waals surface area contributed by atoms with Crippen LogP contribution in [-0.2, 0) is 14.3 Å². The maximum Gasteiger partial charge on any atom is 0.313 e. The minimum absolute atomic E-state index is 0.0567. The number of morpholine rings is 1. The molecule has 7 heteroatoms. The summed E-state index contributed by atoms with van der Waals surface area (Å²) in [6, 6.07) is 15.8. The molecule has 1 aliphatic rings. The van der Waals surface area contributed by atoms with E-state index in [4.69, 9.17) is 4.74 Å². The van der Waals surface area contributed by atoms with Crippen LogP contribution >= 0.6 is 0 Å². The first-order chi connectivity index (χ1) is 14.4. The highest BCUT2D eigenvalue weighted by Gasteiger charge is 2.28. The van der Waals surface area contributed by atoms with Crippen molar-refractivity contribution in [1.82, 2.24) is 5.32 Å². The SMILES string of the molecule is Cc1ccc(NC(=O)C(=O)NC[C@H](c2ccc(N(C)C)cc2)[NH+]2CCOCC2)cc1. The second-order valence-corrected chi connectivity index (χ2v) is 7.84. The average Bonchev–Trinajstić information content (AvgIpc) is 2.76. The number of amides is 2. The molecule has 2 aromatic carbocycles. The number of hydrogen-bond donors (Lipinski definition) is 3. The molecule has 0 saturated carbocycles. The Morgan fingerprint density at radius 1 is 1.00 bits per heavy atom. The highest BCUT2D eigenvalue weighted by atomic mass is 16.5. The molecule has 3 rings (SSSR count). The zero-order valence-electron chi connectivity index (χ0n) is 17.9. The van der Waals surface area contributed by atoms with Gasteiger partial charge in [-0.3, -0.25) is 9.59 Å². The van der Waals surface area contributed by atoms with Gasteiger partial charge in [0.1, 0.15) is 19.1 Å². The molecule has 3 N–H and O–H groups in total. The van der Waals surface area contributed by atoms with Crippen LogP contribution in [0.3, 0.4) is 0 Å². The average molecular weight is 412 g/mol. The van der Waals surface area contributed by atoms with Gasteiger partial charge in [-0.05, 0) is 31.2 Å². The smallest absolute Gasteiger partial charge is 0.313 e. The first kappa shape index (κ1) is 21.8. The standard InChI is InChI=1S/C23H30N4O3/c1-17-4-8-19(9-5-17)25-23(29)22(28)24-16-21(27-12-14-30-15-13-27)18-6-10-20(11-7-18)26(2)3/h4-11,21H,12-16H2,1-3H3,(H,24,28)(H,25,29)/p+1/t21-/m1/s1. The van der Waals surface area contributed by atoms with Gasteiger partial charge in [0.05, 0.1) is 19.8 Å². The van der Waals surface area contributed by atoms with E-state index in [0.717, 1.165) is 29.9 Å². The summed E-state index contributed by atoms with van der Waals surface area (Å²) in [5.41, 5.74) is 3.96. The monoisotopic (exact) mass is 411 g/mol. The molecule has 2 amide bonds. The van der Waals surface area contributed by atoms with Gasteiger partial charge in [-0.1, -0.05) is 29.8 Å². The first-order valence-corrected chi connectivity index (χ1v) is 10.3. The zero-order chi connectivity index (χ0) is 21.5. The molecule has 2 aromatic rings. The van der Waals surface area contributed by atoms with E-state index in [1.165, 1.54) is 4.90 Å². The largest absolute Gasteiger partial charge is 0.378 e. The molecule has 0 aromatic heterocycles. The van der Waals surface area contributed by atoms with Gasteiger partial charge in [-0.15, -0.1) is 0 Å². The van der Waals surface area contributed by atoms with E-state index >= 15 is 0 Å². The maximum absolute atomic E-state index is 12.4. The minimum Gasteiger partial charge on any atom is -0.378 e. The van der Waals surface area contributed by atoms with Gasteiger partial charge in [-0.25, -0.2) is 0 Å². The Kier molecular flexibility index (Phi) is 7.43. The highest BCUT2D eigenvalue weighted by molar-refractivity contribution is 6.39. The molecule has 30 heavy (non-hydrogen) atoms. The maximum atomic E-state index is 12.4. The van der Waals surface area contributed by atoms with E-state index in [0.29, 0.717) is 25.4 Å². The van der Waals surface area contributed by atoms with E-state index < -0.39 is 11.8 Å². The summed E-state index contributed by atoms with van der Waals surface area (Å²) in [4.78, 5) is 28.1. The summed E-state index contributed by atoms with van der Waals surface area (Å²) < 4.78 is 5.50. The second kappa shape index (κ2) is 10.2. The van der Waals surface area contributed by atoms with Crippen molar-refractivity contribution in [3.63, 3.8) is 0 Å². The predicted molar refractivity (Wildman–Crippen MR) is 118 cm³/mol. The lowest BCUT2D eigenvalue weighted by atomic mass is 10.0. The van der Waals surface area contributed by atoms with Crippen molar-refractivity contribution >= 4 is 23.2 Å². The van der Waals surface area contributed by atoms with Crippen LogP contribution in [0.25, 0.3) is 0 Å². The molecule has 0 unspecified atom stereocenters. The van der Waals surface area contributed by atoms with E-state index in [1.54, 1.807) is 12.1 Å². The summed E-state index contributed by atoms with van der Waals surface area (Å²) >= 11 is 0. The molecule has 1 saturated heterocycles. The van der Waals surface area contributed by atoms with Crippen molar-refractivity contribution in [3.05, 3.63) is 59.7 Å². The van der Waals surface area contributed by atoms with Crippen molar-refractivity contribution in [2.45, 2.75) is 13.0 Å². The molecule has 7 nitrogen and oxygen atoms in total. The van der Waals surface area contributed by atoms with Crippen LogP contribution < -0.4 is 20.4 Å². The Balaban J connectivity index is 1.65. The van der Waals surface area contributed by atoms with Gasteiger partial charge in [-0.2, -0.15) is 0 Å². The van der Waals surface area contributed by atoms with Crippen LogP contribution in [-0.4, -0.2) is 58.8 Å². The normalized spacial score (nSPS) is 15.3. The first-order valence-electron chi connectivity index (χ1n) is 10.3. The summed E-state index contributed by atoms with van der Waals surface area (Å²) in [7, 11) is 4.01. The Labute approximate surface area is 178 Å². The molecular weight excluding hydrogens is 380 g/mol. The molecule has 1 atom stereocenters. The van der Waals surface area contributed by atoms with Crippen molar-refractivity contribution in [3.8, 4) is 0 Å². The van der Waals surface area contributed by atoms with Crippen molar-refractivity contribution in [1.29, 1.82) is 0 Å². The topological polar surface area (TPSA) is 75.1 Å². The molecule has 0 aliphatic carbocycles. The minimum atomic E-state index is -0.655. The third-order valence-corrected chi connectivity index (χ3v) is 5.42. The van der Waals surface area contributed by atoms with Crippen LogP contribution in [0.15, 0.2) is 48.5 Å². The molecular formula is C23H31N4O3+. The number of carbonyl (C=O) groups excluding carboxylic acids is 2. The summed E-state index contributed by atoms with van der Waals surface area (Å²) in [5, 5.41) is 5.47. The molecule has 160 valence electrons. The number of ether oxygens (including phenoxy) is 1. The fourth-order valence-corrected chi connectivity index (χ4v) is 3.58. The van der Waals surface area contributed by atoms with Gasteiger partial charge in [0.25, 0.3) is 0 Å². The third-order valence-electron chi connectivity index (χ3n) is 5.42. The fourth-order valence-electron chi connectivity index (χ4n) is 3.58. The molecule has 0 bridgehead atoms. The van der Waals surface area contributed by atoms with E-state index in [-0.39, 0.29) is 6.04 Å². The number of nitrogens with zero attached hydrogens (tertiary/aromatic N) is 1. The number of benzene rings is 2. The number of nitrogens with one attached hydrogen (secondary N) is 3. The van der Waals surface area contributed by atoms with Crippen LogP contribution in [0.2, 0.25) is 0 Å². The third kappa shape index (κ3) is 5.81.